The number of aliphatic imine (C=N–C) groups is 1. The monoisotopic (exact) mass is 193 g/mol. The Labute approximate surface area is 85.7 Å². The first-order valence-corrected chi connectivity index (χ1v) is 5.68. The Hall–Kier alpha value is -0.530. The number of hydrogen-bond acceptors (Lipinski definition) is 2. The molecule has 3 aliphatic rings. The van der Waals surface area contributed by atoms with Crippen LogP contribution in [0.3, 0.4) is 0 Å². The summed E-state index contributed by atoms with van der Waals surface area (Å²) in [5.41, 5.74) is 0.784. The highest BCUT2D eigenvalue weighted by Gasteiger charge is 2.68. The average Bonchev–Trinajstić information content (AvgIpc) is 2.59. The van der Waals surface area contributed by atoms with Crippen LogP contribution in [-0.4, -0.2) is 18.0 Å². The van der Waals surface area contributed by atoms with Crippen molar-refractivity contribution in [2.24, 2.45) is 21.7 Å². The van der Waals surface area contributed by atoms with Crippen molar-refractivity contribution in [3.8, 4) is 0 Å². The lowest BCUT2D eigenvalue weighted by molar-refractivity contribution is 0.115. The summed E-state index contributed by atoms with van der Waals surface area (Å²) in [5.74, 6) is 1.63. The summed E-state index contributed by atoms with van der Waals surface area (Å²) in [5, 5.41) is 0. The van der Waals surface area contributed by atoms with E-state index in [0.717, 1.165) is 11.8 Å². The van der Waals surface area contributed by atoms with Crippen LogP contribution in [0.2, 0.25) is 0 Å². The van der Waals surface area contributed by atoms with Crippen molar-refractivity contribution >= 4 is 5.90 Å². The van der Waals surface area contributed by atoms with Gasteiger partial charge >= 0.3 is 0 Å². The second-order valence-corrected chi connectivity index (χ2v) is 5.96. The fourth-order valence-corrected chi connectivity index (χ4v) is 4.03. The van der Waals surface area contributed by atoms with E-state index < -0.39 is 0 Å². The highest BCUT2D eigenvalue weighted by molar-refractivity contribution is 5.75. The fraction of sp³-hybridized carbons (Fsp3) is 0.917. The van der Waals surface area contributed by atoms with Crippen molar-refractivity contribution < 1.29 is 4.74 Å². The molecule has 0 radical (unpaired) electrons. The van der Waals surface area contributed by atoms with Crippen LogP contribution < -0.4 is 0 Å². The standard InChI is InChI=1S/C12H19NO/c1-7-13-10-9(14-7)8-5-6-12(10,4)11(8,2)3/h8-10H,5-6H2,1-4H3/t8?,9-,10?,12?/m0/s1. The van der Waals surface area contributed by atoms with Gasteiger partial charge in [0.2, 0.25) is 0 Å². The third kappa shape index (κ3) is 0.697. The van der Waals surface area contributed by atoms with Gasteiger partial charge in [-0.2, -0.15) is 0 Å². The van der Waals surface area contributed by atoms with E-state index in [4.69, 9.17) is 9.73 Å². The molecule has 0 spiro atoms. The van der Waals surface area contributed by atoms with E-state index in [0.29, 0.717) is 23.0 Å². The Kier molecular flexibility index (Phi) is 1.36. The Morgan fingerprint density at radius 1 is 1.36 bits per heavy atom. The molecule has 2 fully saturated rings. The smallest absolute Gasteiger partial charge is 0.180 e. The van der Waals surface area contributed by atoms with Gasteiger partial charge < -0.3 is 4.74 Å². The van der Waals surface area contributed by atoms with Crippen LogP contribution in [0.1, 0.15) is 40.5 Å². The van der Waals surface area contributed by atoms with E-state index in [9.17, 15) is 0 Å². The van der Waals surface area contributed by atoms with Gasteiger partial charge in [-0.1, -0.05) is 20.8 Å². The van der Waals surface area contributed by atoms with Crippen molar-refractivity contribution in [3.05, 3.63) is 0 Å². The van der Waals surface area contributed by atoms with E-state index >= 15 is 0 Å². The number of rotatable bonds is 0. The average molecular weight is 193 g/mol. The van der Waals surface area contributed by atoms with Gasteiger partial charge in [0, 0.05) is 12.8 Å². The van der Waals surface area contributed by atoms with Gasteiger partial charge in [-0.15, -0.1) is 0 Å². The maximum atomic E-state index is 5.87. The molecule has 4 atom stereocenters. The second-order valence-electron chi connectivity index (χ2n) is 5.96. The molecule has 0 aromatic heterocycles. The summed E-state index contributed by atoms with van der Waals surface area (Å²) in [7, 11) is 0. The van der Waals surface area contributed by atoms with Gasteiger partial charge in [-0.3, -0.25) is 0 Å². The van der Waals surface area contributed by atoms with Crippen LogP contribution in [-0.2, 0) is 4.74 Å². The van der Waals surface area contributed by atoms with Gasteiger partial charge in [0.25, 0.3) is 0 Å². The Bertz CT molecular complexity index is 320. The number of ether oxygens (including phenoxy) is 1. The Balaban J connectivity index is 2.09. The van der Waals surface area contributed by atoms with Crippen molar-refractivity contribution in [2.75, 3.05) is 0 Å². The van der Waals surface area contributed by atoms with E-state index in [1.807, 2.05) is 6.92 Å². The molecule has 2 heteroatoms. The lowest BCUT2D eigenvalue weighted by Crippen LogP contribution is -2.36. The van der Waals surface area contributed by atoms with Gasteiger partial charge in [0.1, 0.15) is 6.10 Å². The molecule has 2 bridgehead atoms. The minimum absolute atomic E-state index is 0.375. The van der Waals surface area contributed by atoms with Crippen LogP contribution in [0, 0.1) is 16.7 Å². The van der Waals surface area contributed by atoms with E-state index in [-0.39, 0.29) is 0 Å². The summed E-state index contributed by atoms with van der Waals surface area (Å²) in [6.07, 6.45) is 3.04. The van der Waals surface area contributed by atoms with Gasteiger partial charge in [-0.25, -0.2) is 4.99 Å². The predicted octanol–water partition coefficient (Wildman–Crippen LogP) is 2.63. The minimum Gasteiger partial charge on any atom is -0.475 e. The SMILES string of the molecule is CC1=NC2[C@@H](O1)C1CCC2(C)C1(C)C. The fourth-order valence-electron chi connectivity index (χ4n) is 4.03. The molecular formula is C12H19NO. The summed E-state index contributed by atoms with van der Waals surface area (Å²) < 4.78 is 5.87. The molecule has 1 aliphatic heterocycles. The third-order valence-corrected chi connectivity index (χ3v) is 5.36. The van der Waals surface area contributed by atoms with Crippen LogP contribution >= 0.6 is 0 Å². The summed E-state index contributed by atoms with van der Waals surface area (Å²) in [6.45, 7) is 9.20. The van der Waals surface area contributed by atoms with E-state index in [1.54, 1.807) is 0 Å². The lowest BCUT2D eigenvalue weighted by Gasteiger charge is -2.36. The summed E-state index contributed by atoms with van der Waals surface area (Å²) in [6, 6.07) is 0.441. The molecule has 0 N–H and O–H groups in total. The van der Waals surface area contributed by atoms with Gasteiger partial charge in [0.05, 0.1) is 6.04 Å². The zero-order valence-electron chi connectivity index (χ0n) is 9.50. The van der Waals surface area contributed by atoms with Crippen molar-refractivity contribution in [3.63, 3.8) is 0 Å². The van der Waals surface area contributed by atoms with Gasteiger partial charge in [0.15, 0.2) is 5.90 Å². The van der Waals surface area contributed by atoms with Crippen LogP contribution in [0.25, 0.3) is 0 Å². The minimum atomic E-state index is 0.375. The van der Waals surface area contributed by atoms with Crippen LogP contribution in [0.15, 0.2) is 4.99 Å². The lowest BCUT2D eigenvalue weighted by atomic mass is 9.69. The third-order valence-electron chi connectivity index (χ3n) is 5.36. The molecule has 78 valence electrons. The van der Waals surface area contributed by atoms with E-state index in [2.05, 4.69) is 20.8 Å². The maximum Gasteiger partial charge on any atom is 0.180 e. The van der Waals surface area contributed by atoms with Gasteiger partial charge in [-0.05, 0) is 23.7 Å². The molecule has 2 saturated carbocycles. The number of hydrogen-bond donors (Lipinski definition) is 0. The van der Waals surface area contributed by atoms with Crippen LogP contribution in [0.5, 0.6) is 0 Å². The first-order chi connectivity index (χ1) is 6.47. The van der Waals surface area contributed by atoms with Crippen molar-refractivity contribution in [1.29, 1.82) is 0 Å². The van der Waals surface area contributed by atoms with Crippen molar-refractivity contribution in [2.45, 2.75) is 52.7 Å². The quantitative estimate of drug-likeness (QED) is 0.579. The molecular weight excluding hydrogens is 174 g/mol. The highest BCUT2D eigenvalue weighted by atomic mass is 16.5. The Morgan fingerprint density at radius 2 is 2.07 bits per heavy atom. The van der Waals surface area contributed by atoms with E-state index in [1.165, 1.54) is 12.8 Å². The second kappa shape index (κ2) is 2.17. The molecule has 0 saturated heterocycles. The molecule has 1 heterocycles. The molecule has 14 heavy (non-hydrogen) atoms. The molecule has 0 amide bonds. The summed E-state index contributed by atoms with van der Waals surface area (Å²) >= 11 is 0. The first kappa shape index (κ1) is 8.75. The highest BCUT2D eigenvalue weighted by Crippen LogP contribution is 2.67. The van der Waals surface area contributed by atoms with Crippen LogP contribution in [0.4, 0.5) is 0 Å². The molecule has 2 aliphatic carbocycles. The molecule has 0 aromatic rings. The molecule has 3 unspecified atom stereocenters. The maximum absolute atomic E-state index is 5.87. The largest absolute Gasteiger partial charge is 0.475 e. The zero-order chi connectivity index (χ0) is 10.1. The molecule has 0 aromatic carbocycles. The normalized spacial score (nSPS) is 52.9. The predicted molar refractivity (Wildman–Crippen MR) is 56.4 cm³/mol. The topological polar surface area (TPSA) is 21.6 Å². The molecule has 3 rings (SSSR count). The Morgan fingerprint density at radius 3 is 2.71 bits per heavy atom. The molecule has 2 nitrogen and oxygen atoms in total. The first-order valence-electron chi connectivity index (χ1n) is 5.68. The number of nitrogens with zero attached hydrogens (tertiary/aromatic N) is 1. The zero-order valence-corrected chi connectivity index (χ0v) is 9.50. The summed E-state index contributed by atoms with van der Waals surface area (Å²) in [4.78, 5) is 4.69. The number of fused-ring (bicyclic) bond motifs is 5. The van der Waals surface area contributed by atoms with Crippen molar-refractivity contribution in [1.82, 2.24) is 0 Å².